The standard InChI is InChI=1S/C11H22N2O/c1-8(2)13-10(14)11(12)6-4-9(3)5-7-11/h8-9H,4-7,12H2,1-3H3,(H,13,14). The van der Waals surface area contributed by atoms with Gasteiger partial charge in [-0.1, -0.05) is 6.92 Å². The van der Waals surface area contributed by atoms with Crippen molar-refractivity contribution in [1.82, 2.24) is 5.32 Å². The van der Waals surface area contributed by atoms with Crippen molar-refractivity contribution >= 4 is 5.91 Å². The molecule has 0 aromatic carbocycles. The van der Waals surface area contributed by atoms with Crippen LogP contribution in [-0.4, -0.2) is 17.5 Å². The minimum absolute atomic E-state index is 0.0272. The molecule has 3 heteroatoms. The van der Waals surface area contributed by atoms with Crippen LogP contribution in [0.1, 0.15) is 46.5 Å². The zero-order valence-electron chi connectivity index (χ0n) is 9.47. The van der Waals surface area contributed by atoms with Crippen molar-refractivity contribution in [2.75, 3.05) is 0 Å². The summed E-state index contributed by atoms with van der Waals surface area (Å²) in [6, 6.07) is 0.183. The van der Waals surface area contributed by atoms with Crippen molar-refractivity contribution in [2.24, 2.45) is 11.7 Å². The van der Waals surface area contributed by atoms with Gasteiger partial charge in [0.2, 0.25) is 5.91 Å². The number of carbonyl (C=O) groups excluding carboxylic acids is 1. The Morgan fingerprint density at radius 1 is 1.43 bits per heavy atom. The summed E-state index contributed by atoms with van der Waals surface area (Å²) in [6.07, 6.45) is 3.80. The Labute approximate surface area is 86.4 Å². The van der Waals surface area contributed by atoms with Crippen LogP contribution in [0, 0.1) is 5.92 Å². The molecule has 1 saturated carbocycles. The number of nitrogens with one attached hydrogen (secondary N) is 1. The minimum Gasteiger partial charge on any atom is -0.352 e. The van der Waals surface area contributed by atoms with E-state index in [1.165, 1.54) is 0 Å². The average Bonchev–Trinajstić information content (AvgIpc) is 2.09. The molecule has 82 valence electrons. The third kappa shape index (κ3) is 2.71. The Balaban J connectivity index is 2.52. The number of hydrogen-bond donors (Lipinski definition) is 2. The van der Waals surface area contributed by atoms with Crippen LogP contribution in [0.3, 0.4) is 0 Å². The van der Waals surface area contributed by atoms with Crippen LogP contribution in [0.25, 0.3) is 0 Å². The first-order chi connectivity index (χ1) is 6.44. The quantitative estimate of drug-likeness (QED) is 0.705. The molecule has 0 aromatic heterocycles. The molecule has 14 heavy (non-hydrogen) atoms. The van der Waals surface area contributed by atoms with Crippen molar-refractivity contribution in [3.8, 4) is 0 Å². The third-order valence-electron chi connectivity index (χ3n) is 3.04. The number of nitrogens with two attached hydrogens (primary N) is 1. The fourth-order valence-electron chi connectivity index (χ4n) is 1.91. The first kappa shape index (κ1) is 11.5. The summed E-state index contributed by atoms with van der Waals surface area (Å²) in [7, 11) is 0. The molecule has 1 rings (SSSR count). The molecule has 3 N–H and O–H groups in total. The van der Waals surface area contributed by atoms with Gasteiger partial charge >= 0.3 is 0 Å². The minimum atomic E-state index is -0.600. The zero-order chi connectivity index (χ0) is 10.8. The van der Waals surface area contributed by atoms with Gasteiger partial charge in [0, 0.05) is 6.04 Å². The predicted molar refractivity (Wildman–Crippen MR) is 57.8 cm³/mol. The number of carbonyl (C=O) groups is 1. The lowest BCUT2D eigenvalue weighted by Crippen LogP contribution is -2.56. The number of rotatable bonds is 2. The maximum absolute atomic E-state index is 11.8. The average molecular weight is 198 g/mol. The molecule has 3 nitrogen and oxygen atoms in total. The molecule has 0 radical (unpaired) electrons. The van der Waals surface area contributed by atoms with E-state index in [2.05, 4.69) is 12.2 Å². The maximum Gasteiger partial charge on any atom is 0.240 e. The predicted octanol–water partition coefficient (Wildman–Crippen LogP) is 1.42. The SMILES string of the molecule is CC1CCC(N)(C(=O)NC(C)C)CC1. The molecule has 0 spiro atoms. The van der Waals surface area contributed by atoms with Crippen LogP contribution in [0.15, 0.2) is 0 Å². The molecule has 1 amide bonds. The zero-order valence-corrected chi connectivity index (χ0v) is 9.47. The molecule has 0 saturated heterocycles. The van der Waals surface area contributed by atoms with Gasteiger partial charge in [0.05, 0.1) is 5.54 Å². The highest BCUT2D eigenvalue weighted by atomic mass is 16.2. The molecule has 1 aliphatic carbocycles. The van der Waals surface area contributed by atoms with E-state index in [1.54, 1.807) is 0 Å². The van der Waals surface area contributed by atoms with Crippen molar-refractivity contribution in [3.05, 3.63) is 0 Å². The monoisotopic (exact) mass is 198 g/mol. The van der Waals surface area contributed by atoms with E-state index in [0.717, 1.165) is 31.6 Å². The van der Waals surface area contributed by atoms with E-state index in [0.29, 0.717) is 0 Å². The Morgan fingerprint density at radius 2 is 1.93 bits per heavy atom. The largest absolute Gasteiger partial charge is 0.352 e. The highest BCUT2D eigenvalue weighted by Gasteiger charge is 2.37. The van der Waals surface area contributed by atoms with Gasteiger partial charge in [-0.05, 0) is 45.4 Å². The van der Waals surface area contributed by atoms with Gasteiger partial charge in [-0.25, -0.2) is 0 Å². The summed E-state index contributed by atoms with van der Waals surface area (Å²) in [5.74, 6) is 0.748. The Morgan fingerprint density at radius 3 is 2.36 bits per heavy atom. The van der Waals surface area contributed by atoms with E-state index in [-0.39, 0.29) is 11.9 Å². The molecule has 1 fully saturated rings. The summed E-state index contributed by atoms with van der Waals surface area (Å²) < 4.78 is 0. The Kier molecular flexibility index (Phi) is 3.53. The fourth-order valence-corrected chi connectivity index (χ4v) is 1.91. The van der Waals surface area contributed by atoms with E-state index in [4.69, 9.17) is 5.73 Å². The topological polar surface area (TPSA) is 55.1 Å². The first-order valence-corrected chi connectivity index (χ1v) is 5.54. The van der Waals surface area contributed by atoms with Crippen molar-refractivity contribution in [3.63, 3.8) is 0 Å². The maximum atomic E-state index is 11.8. The first-order valence-electron chi connectivity index (χ1n) is 5.54. The molecular formula is C11H22N2O. The second kappa shape index (κ2) is 4.30. The van der Waals surface area contributed by atoms with E-state index >= 15 is 0 Å². The van der Waals surface area contributed by atoms with Gasteiger partial charge in [0.15, 0.2) is 0 Å². The molecular weight excluding hydrogens is 176 g/mol. The molecule has 0 heterocycles. The number of hydrogen-bond acceptors (Lipinski definition) is 2. The summed E-state index contributed by atoms with van der Waals surface area (Å²) in [5, 5.41) is 2.90. The van der Waals surface area contributed by atoms with E-state index < -0.39 is 5.54 Å². The fraction of sp³-hybridized carbons (Fsp3) is 0.909. The second-order valence-electron chi connectivity index (χ2n) is 4.97. The molecule has 0 aliphatic heterocycles. The van der Waals surface area contributed by atoms with Crippen molar-refractivity contribution in [1.29, 1.82) is 0 Å². The van der Waals surface area contributed by atoms with Gasteiger partial charge in [-0.2, -0.15) is 0 Å². The Bertz CT molecular complexity index is 205. The van der Waals surface area contributed by atoms with Crippen LogP contribution < -0.4 is 11.1 Å². The van der Waals surface area contributed by atoms with Gasteiger partial charge in [-0.3, -0.25) is 4.79 Å². The lowest BCUT2D eigenvalue weighted by molar-refractivity contribution is -0.128. The van der Waals surface area contributed by atoms with Crippen molar-refractivity contribution < 1.29 is 4.79 Å². The Hall–Kier alpha value is -0.570. The highest BCUT2D eigenvalue weighted by molar-refractivity contribution is 5.86. The molecule has 0 unspecified atom stereocenters. The number of amides is 1. The molecule has 1 aliphatic rings. The highest BCUT2D eigenvalue weighted by Crippen LogP contribution is 2.30. The van der Waals surface area contributed by atoms with Crippen LogP contribution in [-0.2, 0) is 4.79 Å². The van der Waals surface area contributed by atoms with Crippen molar-refractivity contribution in [2.45, 2.75) is 58.0 Å². The second-order valence-corrected chi connectivity index (χ2v) is 4.97. The summed E-state index contributed by atoms with van der Waals surface area (Å²) in [6.45, 7) is 6.15. The molecule has 0 atom stereocenters. The van der Waals surface area contributed by atoms with Gasteiger partial charge in [0.25, 0.3) is 0 Å². The van der Waals surface area contributed by atoms with Crippen LogP contribution in [0.5, 0.6) is 0 Å². The lowest BCUT2D eigenvalue weighted by Gasteiger charge is -2.35. The van der Waals surface area contributed by atoms with Gasteiger partial charge in [-0.15, -0.1) is 0 Å². The smallest absolute Gasteiger partial charge is 0.240 e. The van der Waals surface area contributed by atoms with E-state index in [9.17, 15) is 4.79 Å². The normalized spacial score (nSPS) is 33.1. The summed E-state index contributed by atoms with van der Waals surface area (Å²) in [4.78, 5) is 11.8. The van der Waals surface area contributed by atoms with Gasteiger partial charge < -0.3 is 11.1 Å². The van der Waals surface area contributed by atoms with Crippen LogP contribution >= 0.6 is 0 Å². The molecule has 0 aromatic rings. The molecule has 0 bridgehead atoms. The van der Waals surface area contributed by atoms with Crippen LogP contribution in [0.4, 0.5) is 0 Å². The third-order valence-corrected chi connectivity index (χ3v) is 3.04. The van der Waals surface area contributed by atoms with Gasteiger partial charge in [0.1, 0.15) is 0 Å². The van der Waals surface area contributed by atoms with Crippen LogP contribution in [0.2, 0.25) is 0 Å². The lowest BCUT2D eigenvalue weighted by atomic mass is 9.77. The summed E-state index contributed by atoms with van der Waals surface area (Å²) >= 11 is 0. The van der Waals surface area contributed by atoms with E-state index in [1.807, 2.05) is 13.8 Å². The summed E-state index contributed by atoms with van der Waals surface area (Å²) in [5.41, 5.74) is 5.50.